The quantitative estimate of drug-likeness (QED) is 0.432. The van der Waals surface area contributed by atoms with Crippen LogP contribution < -0.4 is 5.56 Å². The molecule has 21 heavy (non-hydrogen) atoms. The zero-order chi connectivity index (χ0) is 14.4. The third-order valence-corrected chi connectivity index (χ3v) is 4.32. The van der Waals surface area contributed by atoms with Crippen LogP contribution >= 0.6 is 11.3 Å². The SMILES string of the molecule is O=c1c2cc3ccccc3cc2nc(-c2cccs2)n1O. The Kier molecular flexibility index (Phi) is 2.55. The molecular formula is C16H10N2O2S. The van der Waals surface area contributed by atoms with E-state index in [2.05, 4.69) is 4.98 Å². The van der Waals surface area contributed by atoms with Crippen molar-refractivity contribution in [1.29, 1.82) is 0 Å². The van der Waals surface area contributed by atoms with Gasteiger partial charge in [0.05, 0.1) is 15.8 Å². The third-order valence-electron chi connectivity index (χ3n) is 3.46. The molecule has 0 saturated carbocycles. The monoisotopic (exact) mass is 294 g/mol. The molecule has 0 spiro atoms. The summed E-state index contributed by atoms with van der Waals surface area (Å²) in [4.78, 5) is 17.6. The number of thiophene rings is 1. The molecule has 0 aliphatic rings. The molecule has 0 saturated heterocycles. The maximum Gasteiger partial charge on any atom is 0.294 e. The Labute approximate surface area is 123 Å². The van der Waals surface area contributed by atoms with Crippen molar-refractivity contribution < 1.29 is 5.21 Å². The first-order chi connectivity index (χ1) is 10.2. The van der Waals surface area contributed by atoms with Gasteiger partial charge in [-0.15, -0.1) is 16.1 Å². The highest BCUT2D eigenvalue weighted by atomic mass is 32.1. The first-order valence-electron chi connectivity index (χ1n) is 6.43. The summed E-state index contributed by atoms with van der Waals surface area (Å²) in [6, 6.07) is 15.1. The molecule has 2 aromatic heterocycles. The van der Waals surface area contributed by atoms with Crippen molar-refractivity contribution in [2.45, 2.75) is 0 Å². The van der Waals surface area contributed by atoms with E-state index < -0.39 is 5.56 Å². The van der Waals surface area contributed by atoms with Crippen LogP contribution in [-0.4, -0.2) is 14.9 Å². The first kappa shape index (κ1) is 12.1. The van der Waals surface area contributed by atoms with Gasteiger partial charge >= 0.3 is 0 Å². The van der Waals surface area contributed by atoms with Gasteiger partial charge in [-0.1, -0.05) is 30.3 Å². The van der Waals surface area contributed by atoms with Gasteiger partial charge in [0.25, 0.3) is 5.56 Å². The number of hydrogen-bond acceptors (Lipinski definition) is 4. The Hall–Kier alpha value is -2.66. The minimum atomic E-state index is -0.450. The molecule has 4 nitrogen and oxygen atoms in total. The van der Waals surface area contributed by atoms with Crippen LogP contribution in [-0.2, 0) is 0 Å². The molecule has 0 aliphatic carbocycles. The van der Waals surface area contributed by atoms with Gasteiger partial charge in [-0.25, -0.2) is 4.98 Å². The smallest absolute Gasteiger partial charge is 0.294 e. The fraction of sp³-hybridized carbons (Fsp3) is 0. The minimum absolute atomic E-state index is 0.276. The van der Waals surface area contributed by atoms with Crippen LogP contribution in [0.15, 0.2) is 58.7 Å². The number of fused-ring (bicyclic) bond motifs is 2. The molecule has 0 amide bonds. The average Bonchev–Trinajstić information content (AvgIpc) is 3.03. The second-order valence-corrected chi connectivity index (χ2v) is 5.69. The van der Waals surface area contributed by atoms with Crippen LogP contribution in [0.3, 0.4) is 0 Å². The standard InChI is InChI=1S/C16H10N2O2S/c19-16-12-8-10-4-1-2-5-11(10)9-13(12)17-15(18(16)20)14-6-3-7-21-14/h1-9,20H. The number of rotatable bonds is 1. The maximum absolute atomic E-state index is 12.4. The van der Waals surface area contributed by atoms with E-state index in [9.17, 15) is 10.0 Å². The summed E-state index contributed by atoms with van der Waals surface area (Å²) in [5.74, 6) is 0.276. The van der Waals surface area contributed by atoms with Crippen molar-refractivity contribution in [3.05, 3.63) is 64.3 Å². The van der Waals surface area contributed by atoms with Crippen molar-refractivity contribution in [3.8, 4) is 10.7 Å². The summed E-state index contributed by atoms with van der Waals surface area (Å²) in [5.41, 5.74) is 0.140. The molecule has 0 fully saturated rings. The molecule has 102 valence electrons. The summed E-state index contributed by atoms with van der Waals surface area (Å²) in [5, 5.41) is 14.4. The first-order valence-corrected chi connectivity index (χ1v) is 7.31. The molecule has 2 heterocycles. The minimum Gasteiger partial charge on any atom is -0.423 e. The van der Waals surface area contributed by atoms with Crippen molar-refractivity contribution in [3.63, 3.8) is 0 Å². The number of nitrogens with zero attached hydrogens (tertiary/aromatic N) is 2. The van der Waals surface area contributed by atoms with Gasteiger partial charge in [-0.05, 0) is 34.4 Å². The zero-order valence-corrected chi connectivity index (χ0v) is 11.7. The van der Waals surface area contributed by atoms with Crippen molar-refractivity contribution in [2.24, 2.45) is 0 Å². The normalized spacial score (nSPS) is 11.2. The van der Waals surface area contributed by atoms with Gasteiger partial charge < -0.3 is 5.21 Å². The fourth-order valence-electron chi connectivity index (χ4n) is 2.43. The maximum atomic E-state index is 12.4. The number of aromatic nitrogens is 2. The Balaban J connectivity index is 2.14. The lowest BCUT2D eigenvalue weighted by atomic mass is 10.1. The van der Waals surface area contributed by atoms with Crippen LogP contribution in [0, 0.1) is 0 Å². The predicted molar refractivity (Wildman–Crippen MR) is 84.0 cm³/mol. The van der Waals surface area contributed by atoms with Gasteiger partial charge in [-0.3, -0.25) is 4.79 Å². The topological polar surface area (TPSA) is 55.1 Å². The molecular weight excluding hydrogens is 284 g/mol. The zero-order valence-electron chi connectivity index (χ0n) is 10.9. The Bertz CT molecular complexity index is 1020. The van der Waals surface area contributed by atoms with E-state index in [1.807, 2.05) is 47.8 Å². The van der Waals surface area contributed by atoms with E-state index in [-0.39, 0.29) is 5.82 Å². The van der Waals surface area contributed by atoms with Crippen molar-refractivity contribution in [2.75, 3.05) is 0 Å². The van der Waals surface area contributed by atoms with Crippen LogP contribution in [0.1, 0.15) is 0 Å². The van der Waals surface area contributed by atoms with Gasteiger partial charge in [0, 0.05) is 0 Å². The molecule has 0 radical (unpaired) electrons. The molecule has 4 aromatic rings. The van der Waals surface area contributed by atoms with Gasteiger partial charge in [-0.2, -0.15) is 0 Å². The van der Waals surface area contributed by atoms with E-state index in [0.717, 1.165) is 15.6 Å². The van der Waals surface area contributed by atoms with E-state index >= 15 is 0 Å². The number of benzene rings is 2. The second-order valence-electron chi connectivity index (χ2n) is 4.75. The molecule has 0 unspecified atom stereocenters. The van der Waals surface area contributed by atoms with E-state index in [0.29, 0.717) is 15.6 Å². The highest BCUT2D eigenvalue weighted by Gasteiger charge is 2.13. The summed E-state index contributed by atoms with van der Waals surface area (Å²) >= 11 is 1.43. The van der Waals surface area contributed by atoms with Gasteiger partial charge in [0.15, 0.2) is 5.82 Å². The third kappa shape index (κ3) is 1.82. The summed E-state index contributed by atoms with van der Waals surface area (Å²) in [6.45, 7) is 0. The number of hydrogen-bond donors (Lipinski definition) is 1. The van der Waals surface area contributed by atoms with Crippen LogP contribution in [0.2, 0.25) is 0 Å². The van der Waals surface area contributed by atoms with E-state index in [1.54, 1.807) is 6.07 Å². The predicted octanol–water partition coefficient (Wildman–Crippen LogP) is 3.52. The summed E-state index contributed by atoms with van der Waals surface area (Å²) in [6.07, 6.45) is 0. The lowest BCUT2D eigenvalue weighted by Crippen LogP contribution is -2.20. The molecule has 5 heteroatoms. The molecule has 1 N–H and O–H groups in total. The van der Waals surface area contributed by atoms with Crippen LogP contribution in [0.5, 0.6) is 0 Å². The lowest BCUT2D eigenvalue weighted by Gasteiger charge is -2.07. The fourth-order valence-corrected chi connectivity index (χ4v) is 3.13. The Morgan fingerprint density at radius 1 is 1.05 bits per heavy atom. The highest BCUT2D eigenvalue weighted by molar-refractivity contribution is 7.13. The summed E-state index contributed by atoms with van der Waals surface area (Å²) in [7, 11) is 0. The summed E-state index contributed by atoms with van der Waals surface area (Å²) < 4.78 is 0.628. The van der Waals surface area contributed by atoms with Gasteiger partial charge in [0.2, 0.25) is 0 Å². The van der Waals surface area contributed by atoms with Gasteiger partial charge in [0.1, 0.15) is 0 Å². The Morgan fingerprint density at radius 3 is 2.52 bits per heavy atom. The molecule has 0 bridgehead atoms. The highest BCUT2D eigenvalue weighted by Crippen LogP contribution is 2.25. The molecule has 2 aromatic carbocycles. The van der Waals surface area contributed by atoms with Crippen LogP contribution in [0.25, 0.3) is 32.4 Å². The largest absolute Gasteiger partial charge is 0.423 e. The average molecular weight is 294 g/mol. The van der Waals surface area contributed by atoms with E-state index in [4.69, 9.17) is 0 Å². The van der Waals surface area contributed by atoms with Crippen molar-refractivity contribution >= 4 is 33.0 Å². The Morgan fingerprint density at radius 2 is 1.81 bits per heavy atom. The molecule has 4 rings (SSSR count). The molecule has 0 atom stereocenters. The van der Waals surface area contributed by atoms with Crippen LogP contribution in [0.4, 0.5) is 0 Å². The molecule has 0 aliphatic heterocycles. The van der Waals surface area contributed by atoms with E-state index in [1.165, 1.54) is 11.3 Å². The second kappa shape index (κ2) is 4.43. The lowest BCUT2D eigenvalue weighted by molar-refractivity contribution is 0.179. The van der Waals surface area contributed by atoms with Crippen molar-refractivity contribution in [1.82, 2.24) is 9.71 Å².